The fourth-order valence-electron chi connectivity index (χ4n) is 2.64. The van der Waals surface area contributed by atoms with Crippen LogP contribution in [-0.2, 0) is 0 Å². The Morgan fingerprint density at radius 2 is 1.67 bits per heavy atom. The van der Waals surface area contributed by atoms with Gasteiger partial charge in [0, 0.05) is 41.2 Å². The van der Waals surface area contributed by atoms with Crippen LogP contribution in [0.2, 0.25) is 5.15 Å². The molecule has 3 heterocycles. The summed E-state index contributed by atoms with van der Waals surface area (Å²) in [4.78, 5) is 12.6. The van der Waals surface area contributed by atoms with E-state index in [1.807, 2.05) is 54.7 Å². The molecule has 0 saturated heterocycles. The summed E-state index contributed by atoms with van der Waals surface area (Å²) in [6, 6.07) is 15.7. The number of anilines is 2. The lowest BCUT2D eigenvalue weighted by Gasteiger charge is -2.11. The largest absolute Gasteiger partial charge is 0.340 e. The van der Waals surface area contributed by atoms with Gasteiger partial charge in [0.2, 0.25) is 0 Å². The molecule has 116 valence electrons. The summed E-state index contributed by atoms with van der Waals surface area (Å²) in [7, 11) is 0. The highest BCUT2D eigenvalue weighted by molar-refractivity contribution is 6.29. The molecule has 0 aliphatic rings. The van der Waals surface area contributed by atoms with Gasteiger partial charge < -0.3 is 5.32 Å². The van der Waals surface area contributed by atoms with Gasteiger partial charge in [0.25, 0.3) is 0 Å². The van der Waals surface area contributed by atoms with E-state index < -0.39 is 0 Å². The maximum Gasteiger partial charge on any atom is 0.132 e. The van der Waals surface area contributed by atoms with Crippen molar-refractivity contribution in [1.29, 1.82) is 0 Å². The van der Waals surface area contributed by atoms with Crippen molar-refractivity contribution in [3.8, 4) is 11.1 Å². The van der Waals surface area contributed by atoms with Crippen LogP contribution in [0.5, 0.6) is 0 Å². The standard InChI is InChI=1S/C19H13ClN4/c20-18-10-15(13-4-7-21-8-5-13)11-19(24-18)23-17-3-1-2-14-12-22-9-6-16(14)17/h1-12H,(H,23,24). The molecule has 0 fully saturated rings. The molecule has 4 aromatic rings. The first-order valence-electron chi connectivity index (χ1n) is 7.47. The predicted molar refractivity (Wildman–Crippen MR) is 97.5 cm³/mol. The minimum absolute atomic E-state index is 0.439. The van der Waals surface area contributed by atoms with E-state index in [2.05, 4.69) is 20.3 Å². The lowest BCUT2D eigenvalue weighted by molar-refractivity contribution is 1.30. The quantitative estimate of drug-likeness (QED) is 0.531. The van der Waals surface area contributed by atoms with Gasteiger partial charge >= 0.3 is 0 Å². The maximum absolute atomic E-state index is 6.21. The zero-order valence-electron chi connectivity index (χ0n) is 12.6. The maximum atomic E-state index is 6.21. The van der Waals surface area contributed by atoms with Crippen molar-refractivity contribution in [2.75, 3.05) is 5.32 Å². The summed E-state index contributed by atoms with van der Waals surface area (Å²) in [5, 5.41) is 5.95. The lowest BCUT2D eigenvalue weighted by atomic mass is 10.1. The number of aromatic nitrogens is 3. The molecule has 4 rings (SSSR count). The van der Waals surface area contributed by atoms with E-state index in [4.69, 9.17) is 11.6 Å². The molecule has 0 spiro atoms. The van der Waals surface area contributed by atoms with Gasteiger partial charge in [-0.25, -0.2) is 4.98 Å². The van der Waals surface area contributed by atoms with Gasteiger partial charge in [0.1, 0.15) is 11.0 Å². The van der Waals surface area contributed by atoms with Gasteiger partial charge in [0.05, 0.1) is 0 Å². The Morgan fingerprint density at radius 3 is 2.54 bits per heavy atom. The molecule has 0 bridgehead atoms. The van der Waals surface area contributed by atoms with Crippen molar-refractivity contribution < 1.29 is 0 Å². The summed E-state index contributed by atoms with van der Waals surface area (Å²) in [6.45, 7) is 0. The third-order valence-corrected chi connectivity index (χ3v) is 3.94. The highest BCUT2D eigenvalue weighted by Crippen LogP contribution is 2.29. The normalized spacial score (nSPS) is 10.7. The molecule has 3 aromatic heterocycles. The molecule has 0 amide bonds. The van der Waals surface area contributed by atoms with Gasteiger partial charge in [-0.2, -0.15) is 0 Å². The number of hydrogen-bond acceptors (Lipinski definition) is 4. The molecule has 0 unspecified atom stereocenters. The van der Waals surface area contributed by atoms with E-state index in [1.165, 1.54) is 0 Å². The minimum atomic E-state index is 0.439. The zero-order chi connectivity index (χ0) is 16.4. The Balaban J connectivity index is 1.76. The summed E-state index contributed by atoms with van der Waals surface area (Å²) in [5.74, 6) is 0.693. The van der Waals surface area contributed by atoms with Crippen LogP contribution in [0.15, 0.2) is 73.3 Å². The molecule has 24 heavy (non-hydrogen) atoms. The average molecular weight is 333 g/mol. The monoisotopic (exact) mass is 332 g/mol. The Hall–Kier alpha value is -2.98. The molecule has 5 heteroatoms. The third-order valence-electron chi connectivity index (χ3n) is 3.75. The summed E-state index contributed by atoms with van der Waals surface area (Å²) in [5.41, 5.74) is 2.99. The third kappa shape index (κ3) is 2.92. The topological polar surface area (TPSA) is 50.7 Å². The van der Waals surface area contributed by atoms with E-state index in [9.17, 15) is 0 Å². The van der Waals surface area contributed by atoms with Crippen LogP contribution in [0.25, 0.3) is 21.9 Å². The molecule has 0 radical (unpaired) electrons. The van der Waals surface area contributed by atoms with E-state index in [1.54, 1.807) is 18.6 Å². The van der Waals surface area contributed by atoms with E-state index >= 15 is 0 Å². The number of nitrogens with one attached hydrogen (secondary N) is 1. The fraction of sp³-hybridized carbons (Fsp3) is 0. The predicted octanol–water partition coefficient (Wildman–Crippen LogP) is 5.09. The van der Waals surface area contributed by atoms with Crippen molar-refractivity contribution in [3.05, 3.63) is 78.5 Å². The van der Waals surface area contributed by atoms with Crippen molar-refractivity contribution in [1.82, 2.24) is 15.0 Å². The van der Waals surface area contributed by atoms with E-state index in [-0.39, 0.29) is 0 Å². The first kappa shape index (κ1) is 14.6. The second-order valence-electron chi connectivity index (χ2n) is 5.33. The molecule has 1 aromatic carbocycles. The molecule has 4 nitrogen and oxygen atoms in total. The first-order valence-corrected chi connectivity index (χ1v) is 7.85. The van der Waals surface area contributed by atoms with Gasteiger partial charge in [-0.15, -0.1) is 0 Å². The second-order valence-corrected chi connectivity index (χ2v) is 5.71. The van der Waals surface area contributed by atoms with E-state index in [0.717, 1.165) is 27.6 Å². The van der Waals surface area contributed by atoms with Gasteiger partial charge in [0.15, 0.2) is 0 Å². The molecular formula is C19H13ClN4. The van der Waals surface area contributed by atoms with Crippen LogP contribution in [0, 0.1) is 0 Å². The van der Waals surface area contributed by atoms with Gasteiger partial charge in [-0.3, -0.25) is 9.97 Å². The molecule has 0 atom stereocenters. The van der Waals surface area contributed by atoms with E-state index in [0.29, 0.717) is 11.0 Å². The highest BCUT2D eigenvalue weighted by atomic mass is 35.5. The number of pyridine rings is 3. The van der Waals surface area contributed by atoms with Crippen LogP contribution < -0.4 is 5.32 Å². The van der Waals surface area contributed by atoms with Gasteiger partial charge in [-0.1, -0.05) is 23.7 Å². The van der Waals surface area contributed by atoms with Crippen LogP contribution >= 0.6 is 11.6 Å². The van der Waals surface area contributed by atoms with Crippen LogP contribution in [0.4, 0.5) is 11.5 Å². The minimum Gasteiger partial charge on any atom is -0.340 e. The van der Waals surface area contributed by atoms with Crippen LogP contribution in [0.3, 0.4) is 0 Å². The average Bonchev–Trinajstić information content (AvgIpc) is 2.62. The molecule has 0 aliphatic heterocycles. The Labute approximate surface area is 144 Å². The summed E-state index contributed by atoms with van der Waals surface area (Å²) >= 11 is 6.21. The van der Waals surface area contributed by atoms with Gasteiger partial charge in [-0.05, 0) is 47.5 Å². The number of rotatable bonds is 3. The SMILES string of the molecule is Clc1cc(-c2ccncc2)cc(Nc2cccc3cnccc23)n1. The Morgan fingerprint density at radius 1 is 0.833 bits per heavy atom. The first-order chi connectivity index (χ1) is 11.8. The number of halogens is 1. The summed E-state index contributed by atoms with van der Waals surface area (Å²) in [6.07, 6.45) is 7.14. The van der Waals surface area contributed by atoms with Crippen molar-refractivity contribution in [3.63, 3.8) is 0 Å². The number of fused-ring (bicyclic) bond motifs is 1. The van der Waals surface area contributed by atoms with Crippen molar-refractivity contribution in [2.24, 2.45) is 0 Å². The van der Waals surface area contributed by atoms with Crippen LogP contribution in [0.1, 0.15) is 0 Å². The molecular weight excluding hydrogens is 320 g/mol. The second kappa shape index (κ2) is 6.26. The zero-order valence-corrected chi connectivity index (χ0v) is 13.4. The molecule has 0 saturated carbocycles. The highest BCUT2D eigenvalue weighted by Gasteiger charge is 2.06. The number of benzene rings is 1. The molecule has 1 N–H and O–H groups in total. The number of nitrogens with zero attached hydrogens (tertiary/aromatic N) is 3. The lowest BCUT2D eigenvalue weighted by Crippen LogP contribution is -1.96. The van der Waals surface area contributed by atoms with Crippen molar-refractivity contribution in [2.45, 2.75) is 0 Å². The smallest absolute Gasteiger partial charge is 0.132 e. The Bertz CT molecular complexity index is 997. The van der Waals surface area contributed by atoms with Crippen LogP contribution in [-0.4, -0.2) is 15.0 Å². The van der Waals surface area contributed by atoms with Crippen molar-refractivity contribution >= 4 is 33.9 Å². The number of hydrogen-bond donors (Lipinski definition) is 1. The Kier molecular flexibility index (Phi) is 3.81. The summed E-state index contributed by atoms with van der Waals surface area (Å²) < 4.78 is 0. The fourth-order valence-corrected chi connectivity index (χ4v) is 2.85. The molecule has 0 aliphatic carbocycles.